The second-order valence-corrected chi connectivity index (χ2v) is 5.07. The van der Waals surface area contributed by atoms with Crippen molar-refractivity contribution in [3.63, 3.8) is 0 Å². The molecular formula is C15H18N2O5. The summed E-state index contributed by atoms with van der Waals surface area (Å²) in [5.41, 5.74) is -1.23. The fourth-order valence-corrected chi connectivity index (χ4v) is 2.00. The summed E-state index contributed by atoms with van der Waals surface area (Å²) in [6.45, 7) is 1.77. The van der Waals surface area contributed by atoms with Crippen LogP contribution in [0.4, 0.5) is 0 Å². The molecule has 7 nitrogen and oxygen atoms in total. The minimum atomic E-state index is -1.31. The Balaban J connectivity index is 2.49. The molecule has 2 aromatic rings. The van der Waals surface area contributed by atoms with Gasteiger partial charge in [-0.1, -0.05) is 0 Å². The van der Waals surface area contributed by atoms with Gasteiger partial charge in [0.2, 0.25) is 0 Å². The van der Waals surface area contributed by atoms with E-state index in [1.807, 2.05) is 0 Å². The SMILES string of the molecule is COCCOc1cnc2ccn(C(C)(C=O)CO)c(=O)c2c1. The van der Waals surface area contributed by atoms with Crippen molar-refractivity contribution in [1.82, 2.24) is 9.55 Å². The van der Waals surface area contributed by atoms with E-state index in [1.165, 1.54) is 23.9 Å². The summed E-state index contributed by atoms with van der Waals surface area (Å²) in [6, 6.07) is 3.19. The Kier molecular flexibility index (Phi) is 4.89. The van der Waals surface area contributed by atoms with Crippen LogP contribution in [0.25, 0.3) is 10.9 Å². The van der Waals surface area contributed by atoms with E-state index >= 15 is 0 Å². The van der Waals surface area contributed by atoms with Crippen LogP contribution in [0, 0.1) is 0 Å². The highest BCUT2D eigenvalue weighted by Gasteiger charge is 2.26. The van der Waals surface area contributed by atoms with Crippen LogP contribution in [0.1, 0.15) is 6.92 Å². The monoisotopic (exact) mass is 306 g/mol. The molecule has 2 aromatic heterocycles. The van der Waals surface area contributed by atoms with Crippen molar-refractivity contribution in [2.24, 2.45) is 0 Å². The summed E-state index contributed by atoms with van der Waals surface area (Å²) >= 11 is 0. The lowest BCUT2D eigenvalue weighted by Gasteiger charge is -2.23. The van der Waals surface area contributed by atoms with Gasteiger partial charge in [-0.3, -0.25) is 14.3 Å². The third kappa shape index (κ3) is 3.00. The number of carbonyl (C=O) groups is 1. The maximum Gasteiger partial charge on any atom is 0.261 e. The Morgan fingerprint density at radius 1 is 1.45 bits per heavy atom. The molecule has 1 unspecified atom stereocenters. The number of carbonyl (C=O) groups excluding carboxylic acids is 1. The Morgan fingerprint density at radius 2 is 2.23 bits per heavy atom. The highest BCUT2D eigenvalue weighted by molar-refractivity contribution is 5.79. The molecule has 0 radical (unpaired) electrons. The first kappa shape index (κ1) is 16.1. The third-order valence-corrected chi connectivity index (χ3v) is 3.40. The number of fused-ring (bicyclic) bond motifs is 1. The van der Waals surface area contributed by atoms with Gasteiger partial charge in [-0.15, -0.1) is 0 Å². The molecule has 118 valence electrons. The van der Waals surface area contributed by atoms with Gasteiger partial charge in [-0.05, 0) is 19.1 Å². The minimum Gasteiger partial charge on any atom is -0.490 e. The first-order chi connectivity index (χ1) is 10.6. The van der Waals surface area contributed by atoms with Crippen molar-refractivity contribution in [3.8, 4) is 5.75 Å². The summed E-state index contributed by atoms with van der Waals surface area (Å²) in [5, 5.41) is 9.71. The van der Waals surface area contributed by atoms with Crippen LogP contribution in [0.2, 0.25) is 0 Å². The third-order valence-electron chi connectivity index (χ3n) is 3.40. The van der Waals surface area contributed by atoms with Crippen molar-refractivity contribution in [3.05, 3.63) is 34.9 Å². The molecule has 0 saturated carbocycles. The number of aromatic nitrogens is 2. The van der Waals surface area contributed by atoms with Crippen molar-refractivity contribution in [2.75, 3.05) is 26.9 Å². The van der Waals surface area contributed by atoms with Crippen molar-refractivity contribution >= 4 is 17.2 Å². The molecule has 0 fully saturated rings. The molecule has 0 bridgehead atoms. The summed E-state index contributed by atoms with van der Waals surface area (Å²) < 4.78 is 11.5. The van der Waals surface area contributed by atoms with Crippen LogP contribution in [-0.4, -0.2) is 47.9 Å². The molecule has 2 heterocycles. The Labute approximate surface area is 127 Å². The fourth-order valence-electron chi connectivity index (χ4n) is 2.00. The van der Waals surface area contributed by atoms with Crippen LogP contribution in [0.15, 0.2) is 29.3 Å². The number of hydrogen-bond donors (Lipinski definition) is 1. The van der Waals surface area contributed by atoms with Gasteiger partial charge < -0.3 is 19.4 Å². The predicted octanol–water partition coefficient (Wildman–Crippen LogP) is 0.328. The highest BCUT2D eigenvalue weighted by atomic mass is 16.5. The lowest BCUT2D eigenvalue weighted by atomic mass is 10.1. The van der Waals surface area contributed by atoms with Gasteiger partial charge in [0.25, 0.3) is 5.56 Å². The minimum absolute atomic E-state index is 0.318. The number of nitrogens with zero attached hydrogens (tertiary/aromatic N) is 2. The molecule has 7 heteroatoms. The fraction of sp³-hybridized carbons (Fsp3) is 0.400. The van der Waals surface area contributed by atoms with Gasteiger partial charge in [0.1, 0.15) is 24.2 Å². The van der Waals surface area contributed by atoms with Gasteiger partial charge in [0.15, 0.2) is 0 Å². The quantitative estimate of drug-likeness (QED) is 0.585. The van der Waals surface area contributed by atoms with Gasteiger partial charge in [-0.25, -0.2) is 0 Å². The lowest BCUT2D eigenvalue weighted by Crippen LogP contribution is -2.42. The van der Waals surface area contributed by atoms with E-state index < -0.39 is 17.7 Å². The molecule has 1 N–H and O–H groups in total. The summed E-state index contributed by atoms with van der Waals surface area (Å²) in [6.07, 6.45) is 3.52. The first-order valence-electron chi connectivity index (χ1n) is 6.76. The molecule has 0 aliphatic carbocycles. The number of ether oxygens (including phenoxy) is 2. The predicted molar refractivity (Wildman–Crippen MR) is 80.2 cm³/mol. The molecule has 1 atom stereocenters. The Morgan fingerprint density at radius 3 is 2.86 bits per heavy atom. The zero-order chi connectivity index (χ0) is 16.2. The number of methoxy groups -OCH3 is 1. The topological polar surface area (TPSA) is 90.7 Å². The maximum absolute atomic E-state index is 12.5. The Hall–Kier alpha value is -2.25. The second kappa shape index (κ2) is 6.67. The van der Waals surface area contributed by atoms with Crippen molar-refractivity contribution in [2.45, 2.75) is 12.5 Å². The van der Waals surface area contributed by atoms with E-state index in [0.29, 0.717) is 36.2 Å². The average molecular weight is 306 g/mol. The van der Waals surface area contributed by atoms with E-state index in [1.54, 1.807) is 19.2 Å². The van der Waals surface area contributed by atoms with E-state index in [4.69, 9.17) is 9.47 Å². The van der Waals surface area contributed by atoms with E-state index in [-0.39, 0.29) is 0 Å². The van der Waals surface area contributed by atoms with Gasteiger partial charge in [-0.2, -0.15) is 0 Å². The number of hydrogen-bond acceptors (Lipinski definition) is 6. The normalized spacial score (nSPS) is 13.8. The van der Waals surface area contributed by atoms with E-state index in [2.05, 4.69) is 4.98 Å². The highest BCUT2D eigenvalue weighted by Crippen LogP contribution is 2.17. The summed E-state index contributed by atoms with van der Waals surface area (Å²) in [5.74, 6) is 0.441. The zero-order valence-corrected chi connectivity index (χ0v) is 12.5. The maximum atomic E-state index is 12.5. The standard InChI is InChI=1S/C15H18N2O5/c1-15(9-18,10-19)17-4-3-13-12(14(17)20)7-11(8-16-13)22-6-5-21-2/h3-4,7-9,19H,5-6,10H2,1-2H3. The molecule has 0 spiro atoms. The van der Waals surface area contributed by atoms with Crippen LogP contribution in [0.5, 0.6) is 5.75 Å². The van der Waals surface area contributed by atoms with E-state index in [9.17, 15) is 14.7 Å². The second-order valence-electron chi connectivity index (χ2n) is 5.07. The molecule has 0 amide bonds. The molecular weight excluding hydrogens is 288 g/mol. The number of aldehydes is 1. The van der Waals surface area contributed by atoms with Gasteiger partial charge in [0.05, 0.1) is 30.3 Å². The van der Waals surface area contributed by atoms with Crippen LogP contribution < -0.4 is 10.3 Å². The molecule has 0 saturated heterocycles. The number of aliphatic hydroxyl groups is 1. The number of pyridine rings is 2. The van der Waals surface area contributed by atoms with Gasteiger partial charge in [0, 0.05) is 13.3 Å². The first-order valence-corrected chi connectivity index (χ1v) is 6.76. The number of rotatable bonds is 7. The molecule has 2 rings (SSSR count). The van der Waals surface area contributed by atoms with Crippen LogP contribution in [0.3, 0.4) is 0 Å². The van der Waals surface area contributed by atoms with Crippen molar-refractivity contribution < 1.29 is 19.4 Å². The molecule has 0 aliphatic heterocycles. The summed E-state index contributed by atoms with van der Waals surface area (Å²) in [4.78, 5) is 27.9. The smallest absolute Gasteiger partial charge is 0.261 e. The van der Waals surface area contributed by atoms with Gasteiger partial charge >= 0.3 is 0 Å². The van der Waals surface area contributed by atoms with Crippen LogP contribution >= 0.6 is 0 Å². The molecule has 22 heavy (non-hydrogen) atoms. The molecule has 0 aliphatic rings. The van der Waals surface area contributed by atoms with E-state index in [0.717, 1.165) is 0 Å². The Bertz CT molecular complexity index is 727. The van der Waals surface area contributed by atoms with Crippen LogP contribution in [-0.2, 0) is 15.1 Å². The average Bonchev–Trinajstić information content (AvgIpc) is 2.55. The molecule has 0 aromatic carbocycles. The summed E-state index contributed by atoms with van der Waals surface area (Å²) in [7, 11) is 1.57. The van der Waals surface area contributed by atoms with Crippen molar-refractivity contribution in [1.29, 1.82) is 0 Å². The number of aliphatic hydroxyl groups excluding tert-OH is 1. The lowest BCUT2D eigenvalue weighted by molar-refractivity contribution is -0.116. The zero-order valence-electron chi connectivity index (χ0n) is 12.5. The largest absolute Gasteiger partial charge is 0.490 e.